The van der Waals surface area contributed by atoms with Crippen molar-refractivity contribution >= 4 is 10.0 Å². The molecular weight excluding hydrogens is 444 g/mol. The number of aryl methyl sites for hydroxylation is 1. The summed E-state index contributed by atoms with van der Waals surface area (Å²) in [6, 6.07) is 15.6. The summed E-state index contributed by atoms with van der Waals surface area (Å²) in [6.45, 7) is 0.339. The zero-order chi connectivity index (χ0) is 23.3. The molecule has 176 valence electrons. The van der Waals surface area contributed by atoms with E-state index in [0.717, 1.165) is 11.3 Å². The largest absolute Gasteiger partial charge is 0.497 e. The minimum atomic E-state index is -3.78. The van der Waals surface area contributed by atoms with Crippen molar-refractivity contribution in [1.82, 2.24) is 19.7 Å². The first-order chi connectivity index (χ1) is 16.0. The Morgan fingerprint density at radius 3 is 2.76 bits per heavy atom. The molecule has 2 aromatic carbocycles. The van der Waals surface area contributed by atoms with Crippen molar-refractivity contribution in [2.24, 2.45) is 0 Å². The summed E-state index contributed by atoms with van der Waals surface area (Å²) in [5, 5.41) is 18.2. The van der Waals surface area contributed by atoms with E-state index in [1.165, 1.54) is 19.2 Å². The molecule has 1 saturated heterocycles. The van der Waals surface area contributed by atoms with Gasteiger partial charge in [0, 0.05) is 18.2 Å². The SMILES string of the molecule is COc1cccc(S(=O)(=O)N[C@@H]2CC[C@@H](CCn3cc(-c4ccccc4)nn3)O[C@H]2CO)c1. The molecule has 3 atom stereocenters. The number of benzene rings is 2. The Balaban J connectivity index is 1.33. The quantitative estimate of drug-likeness (QED) is 0.491. The Morgan fingerprint density at radius 1 is 1.18 bits per heavy atom. The number of nitrogens with one attached hydrogen (secondary N) is 1. The number of methoxy groups -OCH3 is 1. The van der Waals surface area contributed by atoms with E-state index < -0.39 is 22.2 Å². The Labute approximate surface area is 193 Å². The number of aliphatic hydroxyl groups is 1. The first-order valence-corrected chi connectivity index (χ1v) is 12.3. The molecule has 0 bridgehead atoms. The van der Waals surface area contributed by atoms with Gasteiger partial charge in [-0.05, 0) is 31.4 Å². The number of sulfonamides is 1. The fraction of sp³-hybridized carbons (Fsp3) is 0.391. The third-order valence-electron chi connectivity index (χ3n) is 5.74. The normalized spacial score (nSPS) is 21.1. The topological polar surface area (TPSA) is 116 Å². The van der Waals surface area contributed by atoms with E-state index in [1.54, 1.807) is 16.8 Å². The molecule has 4 rings (SSSR count). The second kappa shape index (κ2) is 10.4. The van der Waals surface area contributed by atoms with Crippen molar-refractivity contribution in [2.45, 2.75) is 49.0 Å². The van der Waals surface area contributed by atoms with Crippen molar-refractivity contribution in [3.05, 3.63) is 60.8 Å². The van der Waals surface area contributed by atoms with Crippen LogP contribution in [0, 0.1) is 0 Å². The van der Waals surface area contributed by atoms with Gasteiger partial charge in [0.25, 0.3) is 0 Å². The Bertz CT molecular complexity index is 1150. The van der Waals surface area contributed by atoms with Crippen molar-refractivity contribution in [2.75, 3.05) is 13.7 Å². The molecule has 33 heavy (non-hydrogen) atoms. The minimum absolute atomic E-state index is 0.107. The molecule has 0 unspecified atom stereocenters. The van der Waals surface area contributed by atoms with Crippen molar-refractivity contribution in [3.8, 4) is 17.0 Å². The molecule has 1 aliphatic heterocycles. The average molecular weight is 473 g/mol. The number of hydrogen-bond donors (Lipinski definition) is 2. The molecule has 3 aromatic rings. The van der Waals surface area contributed by atoms with Gasteiger partial charge in [-0.15, -0.1) is 5.10 Å². The van der Waals surface area contributed by atoms with E-state index in [-0.39, 0.29) is 17.6 Å². The van der Waals surface area contributed by atoms with Crippen LogP contribution in [0.25, 0.3) is 11.3 Å². The van der Waals surface area contributed by atoms with Crippen LogP contribution in [-0.2, 0) is 21.3 Å². The van der Waals surface area contributed by atoms with Gasteiger partial charge >= 0.3 is 0 Å². The lowest BCUT2D eigenvalue weighted by atomic mass is 9.98. The maximum Gasteiger partial charge on any atom is 0.241 e. The van der Waals surface area contributed by atoms with Crippen molar-refractivity contribution in [1.29, 1.82) is 0 Å². The summed E-state index contributed by atoms with van der Waals surface area (Å²) in [7, 11) is -2.29. The number of ether oxygens (including phenoxy) is 2. The summed E-state index contributed by atoms with van der Waals surface area (Å²) in [4.78, 5) is 0.112. The van der Waals surface area contributed by atoms with Gasteiger partial charge in [-0.2, -0.15) is 0 Å². The molecule has 2 heterocycles. The second-order valence-electron chi connectivity index (χ2n) is 7.98. The van der Waals surface area contributed by atoms with Gasteiger partial charge in [0.1, 0.15) is 11.4 Å². The molecule has 0 saturated carbocycles. The number of hydrogen-bond acceptors (Lipinski definition) is 7. The zero-order valence-corrected chi connectivity index (χ0v) is 19.2. The fourth-order valence-electron chi connectivity index (χ4n) is 3.94. The predicted molar refractivity (Wildman–Crippen MR) is 122 cm³/mol. The fourth-order valence-corrected chi connectivity index (χ4v) is 5.27. The van der Waals surface area contributed by atoms with Gasteiger partial charge in [-0.3, -0.25) is 4.68 Å². The molecule has 1 fully saturated rings. The highest BCUT2D eigenvalue weighted by Gasteiger charge is 2.34. The van der Waals surface area contributed by atoms with Gasteiger partial charge in [0.15, 0.2) is 0 Å². The summed E-state index contributed by atoms with van der Waals surface area (Å²) < 4.78 is 41.2. The molecule has 0 spiro atoms. The molecule has 10 heteroatoms. The molecule has 0 radical (unpaired) electrons. The van der Waals surface area contributed by atoms with Crippen LogP contribution < -0.4 is 9.46 Å². The van der Waals surface area contributed by atoms with Gasteiger partial charge in [0.2, 0.25) is 10.0 Å². The standard InChI is InChI=1S/C23H28N4O5S/c1-31-19-8-5-9-20(14-19)33(29,30)25-21-11-10-18(32-23(21)16-28)12-13-27-15-22(24-26-27)17-6-3-2-4-7-17/h2-9,14-15,18,21,23,25,28H,10-13,16H2,1H3/t18-,21+,23-/m0/s1. The summed E-state index contributed by atoms with van der Waals surface area (Å²) >= 11 is 0. The van der Waals surface area contributed by atoms with E-state index in [0.29, 0.717) is 31.6 Å². The van der Waals surface area contributed by atoms with Gasteiger partial charge in [0.05, 0.1) is 43.1 Å². The van der Waals surface area contributed by atoms with Gasteiger partial charge in [-0.1, -0.05) is 41.6 Å². The second-order valence-corrected chi connectivity index (χ2v) is 9.70. The van der Waals surface area contributed by atoms with E-state index >= 15 is 0 Å². The highest BCUT2D eigenvalue weighted by molar-refractivity contribution is 7.89. The summed E-state index contributed by atoms with van der Waals surface area (Å²) in [6.07, 6.45) is 3.08. The molecular formula is C23H28N4O5S. The lowest BCUT2D eigenvalue weighted by molar-refractivity contribution is -0.0891. The highest BCUT2D eigenvalue weighted by atomic mass is 32.2. The number of aliphatic hydroxyl groups excluding tert-OH is 1. The molecule has 2 N–H and O–H groups in total. The van der Waals surface area contributed by atoms with Crippen LogP contribution in [0.3, 0.4) is 0 Å². The Kier molecular flexibility index (Phi) is 7.39. The van der Waals surface area contributed by atoms with E-state index in [9.17, 15) is 13.5 Å². The Hall–Kier alpha value is -2.79. The third kappa shape index (κ3) is 5.77. The number of rotatable bonds is 9. The van der Waals surface area contributed by atoms with Gasteiger partial charge < -0.3 is 14.6 Å². The number of aromatic nitrogens is 3. The summed E-state index contributed by atoms with van der Waals surface area (Å²) in [5.74, 6) is 0.458. The van der Waals surface area contributed by atoms with Crippen LogP contribution in [0.4, 0.5) is 0 Å². The maximum absolute atomic E-state index is 12.8. The average Bonchev–Trinajstić information content (AvgIpc) is 3.33. The van der Waals surface area contributed by atoms with Crippen LogP contribution in [0.2, 0.25) is 0 Å². The van der Waals surface area contributed by atoms with Crippen LogP contribution in [0.5, 0.6) is 5.75 Å². The van der Waals surface area contributed by atoms with Crippen LogP contribution in [0.15, 0.2) is 65.7 Å². The molecule has 1 aromatic heterocycles. The van der Waals surface area contributed by atoms with Crippen LogP contribution >= 0.6 is 0 Å². The Morgan fingerprint density at radius 2 is 2.00 bits per heavy atom. The molecule has 0 aliphatic carbocycles. The van der Waals surface area contributed by atoms with Crippen molar-refractivity contribution < 1.29 is 23.0 Å². The monoisotopic (exact) mass is 472 g/mol. The number of nitrogens with zero attached hydrogens (tertiary/aromatic N) is 3. The maximum atomic E-state index is 12.8. The first-order valence-electron chi connectivity index (χ1n) is 10.9. The van der Waals surface area contributed by atoms with Gasteiger partial charge in [-0.25, -0.2) is 13.1 Å². The van der Waals surface area contributed by atoms with E-state index in [4.69, 9.17) is 9.47 Å². The van der Waals surface area contributed by atoms with Crippen molar-refractivity contribution in [3.63, 3.8) is 0 Å². The lowest BCUT2D eigenvalue weighted by Gasteiger charge is -2.36. The third-order valence-corrected chi connectivity index (χ3v) is 7.23. The minimum Gasteiger partial charge on any atom is -0.497 e. The molecule has 9 nitrogen and oxygen atoms in total. The van der Waals surface area contributed by atoms with Crippen LogP contribution in [-0.4, -0.2) is 60.5 Å². The molecule has 1 aliphatic rings. The lowest BCUT2D eigenvalue weighted by Crippen LogP contribution is -2.50. The highest BCUT2D eigenvalue weighted by Crippen LogP contribution is 2.25. The summed E-state index contributed by atoms with van der Waals surface area (Å²) in [5.41, 5.74) is 1.81. The predicted octanol–water partition coefficient (Wildman–Crippen LogP) is 2.23. The molecule has 0 amide bonds. The van der Waals surface area contributed by atoms with Crippen LogP contribution in [0.1, 0.15) is 19.3 Å². The van der Waals surface area contributed by atoms with E-state index in [2.05, 4.69) is 15.0 Å². The smallest absolute Gasteiger partial charge is 0.241 e. The zero-order valence-electron chi connectivity index (χ0n) is 18.4. The van der Waals surface area contributed by atoms with E-state index in [1.807, 2.05) is 36.5 Å². The first kappa shape index (κ1) is 23.4.